The summed E-state index contributed by atoms with van der Waals surface area (Å²) in [4.78, 5) is 8.60. The SMILES string of the molecule is c1ccc2nc(NCCc3ccncc3)ccc2c1. The lowest BCUT2D eigenvalue weighted by molar-refractivity contribution is 1.00. The molecule has 0 saturated heterocycles. The average Bonchev–Trinajstić information content (AvgIpc) is 2.48. The van der Waals surface area contributed by atoms with Crippen LogP contribution in [-0.4, -0.2) is 16.5 Å². The maximum atomic E-state index is 4.58. The Morgan fingerprint density at radius 1 is 0.895 bits per heavy atom. The molecule has 0 saturated carbocycles. The Morgan fingerprint density at radius 2 is 1.74 bits per heavy atom. The van der Waals surface area contributed by atoms with Crippen LogP contribution < -0.4 is 5.32 Å². The molecule has 94 valence electrons. The van der Waals surface area contributed by atoms with Crippen molar-refractivity contribution in [2.24, 2.45) is 0 Å². The molecule has 3 rings (SSSR count). The van der Waals surface area contributed by atoms with Crippen molar-refractivity contribution in [1.29, 1.82) is 0 Å². The summed E-state index contributed by atoms with van der Waals surface area (Å²) in [5, 5.41) is 4.52. The van der Waals surface area contributed by atoms with Gasteiger partial charge in [0.1, 0.15) is 5.82 Å². The van der Waals surface area contributed by atoms with E-state index < -0.39 is 0 Å². The molecule has 19 heavy (non-hydrogen) atoms. The van der Waals surface area contributed by atoms with Crippen LogP contribution in [0.1, 0.15) is 5.56 Å². The molecule has 0 atom stereocenters. The van der Waals surface area contributed by atoms with Crippen LogP contribution >= 0.6 is 0 Å². The van der Waals surface area contributed by atoms with Crippen molar-refractivity contribution >= 4 is 16.7 Å². The number of nitrogens with one attached hydrogen (secondary N) is 1. The van der Waals surface area contributed by atoms with E-state index >= 15 is 0 Å². The highest BCUT2D eigenvalue weighted by Crippen LogP contribution is 2.14. The molecular formula is C16H15N3. The molecule has 0 aliphatic rings. The van der Waals surface area contributed by atoms with Crippen molar-refractivity contribution in [3.05, 3.63) is 66.5 Å². The lowest BCUT2D eigenvalue weighted by atomic mass is 10.2. The molecule has 2 aromatic heterocycles. The van der Waals surface area contributed by atoms with Gasteiger partial charge in [0, 0.05) is 24.3 Å². The Kier molecular flexibility index (Phi) is 3.36. The average molecular weight is 249 g/mol. The molecule has 0 amide bonds. The number of benzene rings is 1. The summed E-state index contributed by atoms with van der Waals surface area (Å²) in [7, 11) is 0. The van der Waals surface area contributed by atoms with E-state index in [0.29, 0.717) is 0 Å². The van der Waals surface area contributed by atoms with E-state index in [0.717, 1.165) is 24.3 Å². The largest absolute Gasteiger partial charge is 0.370 e. The van der Waals surface area contributed by atoms with Gasteiger partial charge >= 0.3 is 0 Å². The van der Waals surface area contributed by atoms with Gasteiger partial charge in [-0.15, -0.1) is 0 Å². The summed E-state index contributed by atoms with van der Waals surface area (Å²) < 4.78 is 0. The Balaban J connectivity index is 1.65. The highest BCUT2D eigenvalue weighted by molar-refractivity contribution is 5.79. The van der Waals surface area contributed by atoms with E-state index in [2.05, 4.69) is 27.4 Å². The van der Waals surface area contributed by atoms with Gasteiger partial charge in [-0.2, -0.15) is 0 Å². The first kappa shape index (κ1) is 11.7. The summed E-state index contributed by atoms with van der Waals surface area (Å²) in [6, 6.07) is 16.3. The number of para-hydroxylation sites is 1. The van der Waals surface area contributed by atoms with Crippen molar-refractivity contribution in [2.75, 3.05) is 11.9 Å². The van der Waals surface area contributed by atoms with Crippen LogP contribution in [0.2, 0.25) is 0 Å². The highest BCUT2D eigenvalue weighted by atomic mass is 15.0. The van der Waals surface area contributed by atoms with Crippen LogP contribution in [0.5, 0.6) is 0 Å². The number of hydrogen-bond donors (Lipinski definition) is 1. The summed E-state index contributed by atoms with van der Waals surface area (Å²) in [6.07, 6.45) is 4.62. The van der Waals surface area contributed by atoms with Gasteiger partial charge in [0.05, 0.1) is 5.52 Å². The van der Waals surface area contributed by atoms with E-state index in [4.69, 9.17) is 0 Å². The number of nitrogens with zero attached hydrogens (tertiary/aromatic N) is 2. The molecule has 0 unspecified atom stereocenters. The van der Waals surface area contributed by atoms with Crippen molar-refractivity contribution in [2.45, 2.75) is 6.42 Å². The van der Waals surface area contributed by atoms with Gasteiger partial charge in [-0.1, -0.05) is 18.2 Å². The minimum Gasteiger partial charge on any atom is -0.370 e. The first-order valence-corrected chi connectivity index (χ1v) is 6.40. The zero-order valence-corrected chi connectivity index (χ0v) is 10.6. The number of fused-ring (bicyclic) bond motifs is 1. The van der Waals surface area contributed by atoms with E-state index in [1.165, 1.54) is 10.9 Å². The van der Waals surface area contributed by atoms with Crippen LogP contribution in [0.3, 0.4) is 0 Å². The first-order chi connectivity index (χ1) is 9.42. The molecule has 3 heteroatoms. The van der Waals surface area contributed by atoms with E-state index in [-0.39, 0.29) is 0 Å². The van der Waals surface area contributed by atoms with Gasteiger partial charge in [-0.05, 0) is 42.3 Å². The second-order valence-corrected chi connectivity index (χ2v) is 4.42. The zero-order valence-electron chi connectivity index (χ0n) is 10.6. The predicted octanol–water partition coefficient (Wildman–Crippen LogP) is 3.28. The molecule has 0 fully saturated rings. The number of hydrogen-bond acceptors (Lipinski definition) is 3. The van der Waals surface area contributed by atoms with Crippen LogP contribution in [0, 0.1) is 0 Å². The Hall–Kier alpha value is -2.42. The first-order valence-electron chi connectivity index (χ1n) is 6.40. The highest BCUT2D eigenvalue weighted by Gasteiger charge is 1.97. The van der Waals surface area contributed by atoms with E-state index in [1.807, 2.05) is 48.8 Å². The quantitative estimate of drug-likeness (QED) is 0.771. The normalized spacial score (nSPS) is 10.5. The molecule has 2 heterocycles. The topological polar surface area (TPSA) is 37.8 Å². The molecule has 0 spiro atoms. The minimum atomic E-state index is 0.870. The lowest BCUT2D eigenvalue weighted by Crippen LogP contribution is -2.06. The molecule has 3 nitrogen and oxygen atoms in total. The smallest absolute Gasteiger partial charge is 0.126 e. The third kappa shape index (κ3) is 2.88. The molecule has 3 aromatic rings. The maximum Gasteiger partial charge on any atom is 0.126 e. The molecular weight excluding hydrogens is 234 g/mol. The zero-order chi connectivity index (χ0) is 12.9. The van der Waals surface area contributed by atoms with Gasteiger partial charge in [-0.3, -0.25) is 4.98 Å². The molecule has 0 radical (unpaired) electrons. The maximum absolute atomic E-state index is 4.58. The second kappa shape index (κ2) is 5.48. The van der Waals surface area contributed by atoms with Gasteiger partial charge in [0.2, 0.25) is 0 Å². The van der Waals surface area contributed by atoms with Crippen molar-refractivity contribution in [1.82, 2.24) is 9.97 Å². The Bertz CT molecular complexity index is 665. The van der Waals surface area contributed by atoms with E-state index in [9.17, 15) is 0 Å². The Morgan fingerprint density at radius 3 is 2.63 bits per heavy atom. The number of rotatable bonds is 4. The van der Waals surface area contributed by atoms with Crippen LogP contribution in [0.25, 0.3) is 10.9 Å². The number of aromatic nitrogens is 2. The lowest BCUT2D eigenvalue weighted by Gasteiger charge is -2.06. The van der Waals surface area contributed by atoms with Gasteiger partial charge in [0.15, 0.2) is 0 Å². The number of anilines is 1. The fourth-order valence-corrected chi connectivity index (χ4v) is 2.05. The monoisotopic (exact) mass is 249 g/mol. The van der Waals surface area contributed by atoms with Crippen LogP contribution in [0.15, 0.2) is 60.9 Å². The van der Waals surface area contributed by atoms with Crippen LogP contribution in [-0.2, 0) is 6.42 Å². The fourth-order valence-electron chi connectivity index (χ4n) is 2.05. The standard InChI is InChI=1S/C16H15N3/c1-2-4-15-14(3-1)5-6-16(19-15)18-12-9-13-7-10-17-11-8-13/h1-8,10-11H,9,12H2,(H,18,19). The molecule has 0 aliphatic heterocycles. The van der Waals surface area contributed by atoms with Crippen molar-refractivity contribution in [3.8, 4) is 0 Å². The summed E-state index contributed by atoms with van der Waals surface area (Å²) >= 11 is 0. The molecule has 0 aliphatic carbocycles. The fraction of sp³-hybridized carbons (Fsp3) is 0.125. The van der Waals surface area contributed by atoms with Crippen molar-refractivity contribution in [3.63, 3.8) is 0 Å². The second-order valence-electron chi connectivity index (χ2n) is 4.42. The molecule has 1 aromatic carbocycles. The van der Waals surface area contributed by atoms with Crippen LogP contribution in [0.4, 0.5) is 5.82 Å². The Labute approximate surface area is 112 Å². The van der Waals surface area contributed by atoms with Gasteiger partial charge in [-0.25, -0.2) is 4.98 Å². The molecule has 1 N–H and O–H groups in total. The third-order valence-corrected chi connectivity index (χ3v) is 3.07. The third-order valence-electron chi connectivity index (χ3n) is 3.07. The number of pyridine rings is 2. The summed E-state index contributed by atoms with van der Waals surface area (Å²) in [5.74, 6) is 0.924. The van der Waals surface area contributed by atoms with Gasteiger partial charge in [0.25, 0.3) is 0 Å². The van der Waals surface area contributed by atoms with Gasteiger partial charge < -0.3 is 5.32 Å². The predicted molar refractivity (Wildman–Crippen MR) is 78.2 cm³/mol. The summed E-state index contributed by atoms with van der Waals surface area (Å²) in [6.45, 7) is 0.870. The molecule has 0 bridgehead atoms. The van der Waals surface area contributed by atoms with E-state index in [1.54, 1.807) is 0 Å². The summed E-state index contributed by atoms with van der Waals surface area (Å²) in [5.41, 5.74) is 2.31. The van der Waals surface area contributed by atoms with Crippen molar-refractivity contribution < 1.29 is 0 Å². The minimum absolute atomic E-state index is 0.870.